The van der Waals surface area contributed by atoms with Crippen molar-refractivity contribution >= 4 is 52.0 Å². The Hall–Kier alpha value is -3.33. The van der Waals surface area contributed by atoms with E-state index in [9.17, 15) is 0 Å². The second kappa shape index (κ2) is 8.43. The zero-order valence-electron chi connectivity index (χ0n) is 16.4. The lowest BCUT2D eigenvalue weighted by Crippen LogP contribution is -1.99. The molecule has 0 saturated carbocycles. The van der Waals surface area contributed by atoms with Gasteiger partial charge in [-0.2, -0.15) is 0 Å². The van der Waals surface area contributed by atoms with Crippen molar-refractivity contribution in [3.63, 3.8) is 0 Å². The normalized spacial score (nSPS) is 17.4. The number of benzene rings is 3. The molecule has 2 heterocycles. The van der Waals surface area contributed by atoms with E-state index in [2.05, 4.69) is 11.1 Å². The van der Waals surface area contributed by atoms with E-state index in [0.29, 0.717) is 10.0 Å². The number of fused-ring (bicyclic) bond motifs is 1. The zero-order chi connectivity index (χ0) is 21.2. The average molecular weight is 442 g/mol. The average Bonchev–Trinajstić information content (AvgIpc) is 3.22. The van der Waals surface area contributed by atoms with Gasteiger partial charge < -0.3 is 4.74 Å². The minimum atomic E-state index is 0.688. The van der Waals surface area contributed by atoms with Gasteiger partial charge in [0.25, 0.3) is 0 Å². The lowest BCUT2D eigenvalue weighted by Gasteiger charge is -2.18. The summed E-state index contributed by atoms with van der Waals surface area (Å²) >= 11 is 12.1. The summed E-state index contributed by atoms with van der Waals surface area (Å²) in [4.78, 5) is 4.47. The molecule has 0 spiro atoms. The molecule has 0 radical (unpaired) electrons. The third kappa shape index (κ3) is 4.27. The molecule has 0 saturated heterocycles. The number of hydrogen-bond donors (Lipinski definition) is 0. The summed E-state index contributed by atoms with van der Waals surface area (Å²) in [6.45, 7) is 0. The first-order valence-corrected chi connectivity index (χ1v) is 10.6. The molecule has 2 aliphatic heterocycles. The van der Waals surface area contributed by atoms with Crippen LogP contribution in [0.15, 0.2) is 108 Å². The second-order valence-electron chi connectivity index (χ2n) is 7.19. The maximum absolute atomic E-state index is 6.22. The number of para-hydroxylation sites is 1. The third-order valence-electron chi connectivity index (χ3n) is 5.10. The number of ether oxygens (including phenoxy) is 1. The number of rotatable bonds is 3. The highest BCUT2D eigenvalue weighted by molar-refractivity contribution is 6.30. The van der Waals surface area contributed by atoms with E-state index in [-0.39, 0.29) is 0 Å². The first kappa shape index (κ1) is 19.6. The van der Waals surface area contributed by atoms with Crippen molar-refractivity contribution < 1.29 is 4.74 Å². The quantitative estimate of drug-likeness (QED) is 0.401. The predicted molar refractivity (Wildman–Crippen MR) is 131 cm³/mol. The summed E-state index contributed by atoms with van der Waals surface area (Å²) in [7, 11) is 0. The van der Waals surface area contributed by atoms with Crippen molar-refractivity contribution in [3.8, 4) is 0 Å². The van der Waals surface area contributed by atoms with Crippen LogP contribution in [0.3, 0.4) is 0 Å². The Bertz CT molecular complexity index is 1290. The Balaban J connectivity index is 1.54. The van der Waals surface area contributed by atoms with Crippen LogP contribution in [0.5, 0.6) is 0 Å². The van der Waals surface area contributed by atoms with E-state index in [1.807, 2.05) is 97.2 Å². The molecule has 4 heteroatoms. The molecule has 0 aliphatic carbocycles. The smallest absolute Gasteiger partial charge is 0.135 e. The Morgan fingerprint density at radius 3 is 2.13 bits per heavy atom. The standard InChI is InChI=1S/C27H17Cl2NO/c28-22-10-5-18(6-11-22)21-15-24(31-27(16-21)19-7-12-23(29)13-8-19)14-9-20-17-30-26-4-2-1-3-25(20)26/h1-17H. The van der Waals surface area contributed by atoms with Gasteiger partial charge >= 0.3 is 0 Å². The molecule has 0 N–H and O–H groups in total. The molecule has 150 valence electrons. The Morgan fingerprint density at radius 1 is 0.710 bits per heavy atom. The molecule has 0 bridgehead atoms. The van der Waals surface area contributed by atoms with E-state index in [1.165, 1.54) is 0 Å². The van der Waals surface area contributed by atoms with Crippen LogP contribution >= 0.6 is 23.2 Å². The van der Waals surface area contributed by atoms with Crippen LogP contribution in [0.2, 0.25) is 10.0 Å². The van der Waals surface area contributed by atoms with E-state index in [1.54, 1.807) is 0 Å². The lowest BCUT2D eigenvalue weighted by atomic mass is 10.00. The summed E-state index contributed by atoms with van der Waals surface area (Å²) < 4.78 is 6.22. The largest absolute Gasteiger partial charge is 0.457 e. The molecule has 5 rings (SSSR count). The van der Waals surface area contributed by atoms with Crippen LogP contribution in [0.1, 0.15) is 16.7 Å². The SMILES string of the molecule is Clc1ccc(C2=CC(=CC=C3C=Nc4ccccc43)OC(c3ccc(Cl)cc3)=C2)cc1. The molecule has 0 fully saturated rings. The minimum absolute atomic E-state index is 0.688. The summed E-state index contributed by atoms with van der Waals surface area (Å²) in [5.74, 6) is 1.50. The van der Waals surface area contributed by atoms with Crippen LogP contribution in [0.25, 0.3) is 16.9 Å². The first-order valence-electron chi connectivity index (χ1n) is 9.84. The fourth-order valence-electron chi connectivity index (χ4n) is 3.51. The number of aliphatic imine (C=N–C) groups is 1. The van der Waals surface area contributed by atoms with E-state index in [4.69, 9.17) is 27.9 Å². The van der Waals surface area contributed by atoms with E-state index >= 15 is 0 Å². The lowest BCUT2D eigenvalue weighted by molar-refractivity contribution is 0.398. The number of nitrogens with zero attached hydrogens (tertiary/aromatic N) is 1. The van der Waals surface area contributed by atoms with Crippen molar-refractivity contribution in [1.29, 1.82) is 0 Å². The number of allylic oxidation sites excluding steroid dienone is 6. The zero-order valence-corrected chi connectivity index (χ0v) is 17.9. The monoisotopic (exact) mass is 441 g/mol. The van der Waals surface area contributed by atoms with Crippen molar-refractivity contribution in [1.82, 2.24) is 0 Å². The van der Waals surface area contributed by atoms with Crippen LogP contribution in [-0.4, -0.2) is 6.21 Å². The maximum Gasteiger partial charge on any atom is 0.135 e. The van der Waals surface area contributed by atoms with Crippen LogP contribution < -0.4 is 0 Å². The number of halogens is 2. The van der Waals surface area contributed by atoms with Gasteiger partial charge in [0, 0.05) is 33.0 Å². The molecule has 0 aromatic heterocycles. The van der Waals surface area contributed by atoms with Gasteiger partial charge in [-0.15, -0.1) is 0 Å². The molecule has 31 heavy (non-hydrogen) atoms. The van der Waals surface area contributed by atoms with Crippen LogP contribution in [0.4, 0.5) is 5.69 Å². The number of hydrogen-bond acceptors (Lipinski definition) is 2. The molecular weight excluding hydrogens is 425 g/mol. The van der Waals surface area contributed by atoms with Crippen molar-refractivity contribution in [2.24, 2.45) is 4.99 Å². The van der Waals surface area contributed by atoms with Gasteiger partial charge in [-0.1, -0.05) is 53.5 Å². The van der Waals surface area contributed by atoms with E-state index in [0.717, 1.165) is 45.0 Å². The minimum Gasteiger partial charge on any atom is -0.457 e. The van der Waals surface area contributed by atoms with E-state index < -0.39 is 0 Å². The summed E-state index contributed by atoms with van der Waals surface area (Å²) in [6.07, 6.45) is 9.94. The van der Waals surface area contributed by atoms with Crippen molar-refractivity contribution in [2.45, 2.75) is 0 Å². The van der Waals surface area contributed by atoms with Gasteiger partial charge in [-0.25, -0.2) is 0 Å². The molecule has 0 atom stereocenters. The highest BCUT2D eigenvalue weighted by Gasteiger charge is 2.15. The fourth-order valence-corrected chi connectivity index (χ4v) is 3.77. The van der Waals surface area contributed by atoms with Gasteiger partial charge in [0.1, 0.15) is 11.5 Å². The highest BCUT2D eigenvalue weighted by Crippen LogP contribution is 2.34. The van der Waals surface area contributed by atoms with Gasteiger partial charge in [-0.3, -0.25) is 4.99 Å². The molecule has 2 aliphatic rings. The second-order valence-corrected chi connectivity index (χ2v) is 8.06. The topological polar surface area (TPSA) is 21.6 Å². The van der Waals surface area contributed by atoms with Gasteiger partial charge in [0.15, 0.2) is 0 Å². The Kier molecular flexibility index (Phi) is 5.33. The van der Waals surface area contributed by atoms with Crippen molar-refractivity contribution in [3.05, 3.63) is 130 Å². The molecule has 0 unspecified atom stereocenters. The Labute approximate surface area is 191 Å². The van der Waals surface area contributed by atoms with Gasteiger partial charge in [-0.05, 0) is 77.9 Å². The molecule has 3 aromatic carbocycles. The predicted octanol–water partition coefficient (Wildman–Crippen LogP) is 8.13. The molecule has 3 aromatic rings. The molecule has 0 amide bonds. The van der Waals surface area contributed by atoms with Crippen LogP contribution in [0, 0.1) is 0 Å². The summed E-state index contributed by atoms with van der Waals surface area (Å²) in [5, 5.41) is 1.39. The first-order chi connectivity index (χ1) is 15.2. The fraction of sp³-hybridized carbons (Fsp3) is 0. The van der Waals surface area contributed by atoms with Gasteiger partial charge in [0.2, 0.25) is 0 Å². The summed E-state index contributed by atoms with van der Waals surface area (Å²) in [5.41, 5.74) is 6.20. The molecular formula is C27H17Cl2NO. The maximum atomic E-state index is 6.22. The third-order valence-corrected chi connectivity index (χ3v) is 5.61. The summed E-state index contributed by atoms with van der Waals surface area (Å²) in [6, 6.07) is 23.5. The van der Waals surface area contributed by atoms with Crippen molar-refractivity contribution in [2.75, 3.05) is 0 Å². The van der Waals surface area contributed by atoms with Crippen LogP contribution in [-0.2, 0) is 4.74 Å². The highest BCUT2D eigenvalue weighted by atomic mass is 35.5. The molecule has 2 nitrogen and oxygen atoms in total. The Morgan fingerprint density at radius 2 is 1.39 bits per heavy atom. The van der Waals surface area contributed by atoms with Gasteiger partial charge in [0.05, 0.1) is 5.69 Å².